The number of nitrogens with one attached hydrogen (secondary N) is 2. The fourth-order valence-corrected chi connectivity index (χ4v) is 3.52. The first-order chi connectivity index (χ1) is 8.05. The average Bonchev–Trinajstić information content (AvgIpc) is 2.20. The Morgan fingerprint density at radius 1 is 1.22 bits per heavy atom. The molecule has 2 N–H and O–H groups in total. The predicted octanol–water partition coefficient (Wildman–Crippen LogP) is 2.26. The van der Waals surface area contributed by atoms with Crippen LogP contribution < -0.4 is 10.6 Å². The number of hydrogen-bond donors (Lipinski definition) is 2. The molecule has 0 spiro atoms. The van der Waals surface area contributed by atoms with Crippen molar-refractivity contribution in [2.75, 3.05) is 16.4 Å². The molecule has 0 heterocycles. The number of carbonyl (C=O) groups excluding carboxylic acids is 2. The summed E-state index contributed by atoms with van der Waals surface area (Å²) in [6.45, 7) is 4.80. The third-order valence-corrected chi connectivity index (χ3v) is 4.91. The minimum atomic E-state index is -2.60. The Bertz CT molecular complexity index is 304. The van der Waals surface area contributed by atoms with E-state index in [0.29, 0.717) is 0 Å². The van der Waals surface area contributed by atoms with E-state index < -0.39 is 50.3 Å². The van der Waals surface area contributed by atoms with Crippen LogP contribution in [0.5, 0.6) is 0 Å². The van der Waals surface area contributed by atoms with Crippen molar-refractivity contribution in [2.24, 2.45) is 5.41 Å². The standard InChI is InChI=1S/C11H21F2IN2O2/c1-11(2,3)8(9(17)14(4)5)16-10(18)15-6-7(12)13/h7-8H,6H2,1-5H3,(H2,15,16,18). The van der Waals surface area contributed by atoms with E-state index >= 15 is 0 Å². The monoisotopic (exact) mass is 378 g/mol. The number of rotatable bonds is 5. The number of alkyl halides is 4. The molecule has 108 valence electrons. The fraction of sp³-hybridized carbons (Fsp3) is 0.818. The van der Waals surface area contributed by atoms with Crippen molar-refractivity contribution in [2.45, 2.75) is 33.2 Å². The van der Waals surface area contributed by atoms with Gasteiger partial charge >= 0.3 is 114 Å². The zero-order chi connectivity index (χ0) is 14.5. The summed E-state index contributed by atoms with van der Waals surface area (Å²) in [5.74, 6) is 0. The molecule has 0 rings (SSSR count). The first-order valence-electron chi connectivity index (χ1n) is 5.42. The second-order valence-electron chi connectivity index (χ2n) is 5.10. The van der Waals surface area contributed by atoms with Crippen LogP contribution in [0.4, 0.5) is 13.6 Å². The van der Waals surface area contributed by atoms with Crippen LogP contribution >= 0.6 is 19.8 Å². The zero-order valence-electron chi connectivity index (χ0n) is 11.3. The Kier molecular flexibility index (Phi) is 7.01. The Morgan fingerprint density at radius 3 is 2.06 bits per heavy atom. The molecule has 18 heavy (non-hydrogen) atoms. The second kappa shape index (κ2) is 7.20. The summed E-state index contributed by atoms with van der Waals surface area (Å²) in [5, 5.41) is 4.54. The van der Waals surface area contributed by atoms with Gasteiger partial charge in [0.2, 0.25) is 0 Å². The van der Waals surface area contributed by atoms with Crippen LogP contribution in [-0.2, 0) is 4.79 Å². The van der Waals surface area contributed by atoms with Gasteiger partial charge in [-0.25, -0.2) is 0 Å². The summed E-state index contributed by atoms with van der Waals surface area (Å²) in [6, 6.07) is -1.35. The predicted molar refractivity (Wildman–Crippen MR) is 76.7 cm³/mol. The van der Waals surface area contributed by atoms with E-state index in [1.54, 1.807) is 0 Å². The fourth-order valence-electron chi connectivity index (χ4n) is 1.18. The van der Waals surface area contributed by atoms with Gasteiger partial charge in [0, 0.05) is 0 Å². The maximum absolute atomic E-state index is 12.0. The third-order valence-electron chi connectivity index (χ3n) is 2.16. The molecule has 7 heteroatoms. The molecule has 0 fully saturated rings. The van der Waals surface area contributed by atoms with Gasteiger partial charge in [0.05, 0.1) is 0 Å². The molecule has 0 aliphatic carbocycles. The quantitative estimate of drug-likeness (QED) is 0.438. The molecule has 0 aliphatic rings. The number of amides is 2. The molecule has 1 unspecified atom stereocenters. The van der Waals surface area contributed by atoms with E-state index in [2.05, 4.69) is 5.32 Å². The molecule has 0 aromatic heterocycles. The van der Waals surface area contributed by atoms with Gasteiger partial charge in [0.1, 0.15) is 0 Å². The van der Waals surface area contributed by atoms with Crippen LogP contribution in [0.3, 0.4) is 0 Å². The molecule has 0 aliphatic heterocycles. The van der Waals surface area contributed by atoms with E-state index in [1.807, 2.05) is 35.9 Å². The van der Waals surface area contributed by atoms with Crippen molar-refractivity contribution in [3.8, 4) is 0 Å². The first kappa shape index (κ1) is 17.5. The van der Waals surface area contributed by atoms with Crippen molar-refractivity contribution >= 4 is 29.6 Å². The summed E-state index contributed by atoms with van der Waals surface area (Å²) < 4.78 is 23.9. The molecule has 2 amide bonds. The van der Waals surface area contributed by atoms with Gasteiger partial charge in [-0.1, -0.05) is 0 Å². The van der Waals surface area contributed by atoms with Gasteiger partial charge in [-0.05, 0) is 0 Å². The molecule has 0 aromatic carbocycles. The number of urea groups is 1. The van der Waals surface area contributed by atoms with Gasteiger partial charge < -0.3 is 0 Å². The van der Waals surface area contributed by atoms with Crippen LogP contribution in [0.2, 0.25) is 0 Å². The molecule has 0 saturated heterocycles. The molecule has 4 nitrogen and oxygen atoms in total. The number of carbonyl (C=O) groups is 2. The summed E-state index contributed by atoms with van der Waals surface area (Å²) in [7, 11) is 0. The normalized spacial score (nSPS) is 14.1. The van der Waals surface area contributed by atoms with Crippen molar-refractivity contribution in [1.29, 1.82) is 0 Å². The first-order valence-corrected chi connectivity index (χ1v) is 10.8. The minimum absolute atomic E-state index is 0.0406. The van der Waals surface area contributed by atoms with Crippen molar-refractivity contribution in [1.82, 2.24) is 10.6 Å². The van der Waals surface area contributed by atoms with Crippen molar-refractivity contribution in [3.63, 3.8) is 0 Å². The van der Waals surface area contributed by atoms with E-state index in [1.165, 1.54) is 0 Å². The van der Waals surface area contributed by atoms with E-state index in [-0.39, 0.29) is 3.79 Å². The Labute approximate surface area is 114 Å². The van der Waals surface area contributed by atoms with Crippen LogP contribution in [0, 0.1) is 5.41 Å². The van der Waals surface area contributed by atoms with Crippen LogP contribution in [0.25, 0.3) is 0 Å². The summed E-state index contributed by atoms with van der Waals surface area (Å²) in [4.78, 5) is 27.3. The SMILES string of the molecule is CI(C)C(=O)C(NC(=O)NCC(F)F)C(C)(C)C. The third kappa shape index (κ3) is 6.46. The van der Waals surface area contributed by atoms with Gasteiger partial charge in [0.25, 0.3) is 0 Å². The van der Waals surface area contributed by atoms with E-state index in [4.69, 9.17) is 0 Å². The summed E-state index contributed by atoms with van der Waals surface area (Å²) >= 11 is -1.72. The Hall–Kier alpha value is -0.470. The maximum atomic E-state index is 12.0. The second-order valence-corrected chi connectivity index (χ2v) is 10.5. The molecular weight excluding hydrogens is 357 g/mol. The van der Waals surface area contributed by atoms with E-state index in [9.17, 15) is 18.4 Å². The van der Waals surface area contributed by atoms with Crippen LogP contribution in [0.1, 0.15) is 20.8 Å². The summed E-state index contributed by atoms with van der Waals surface area (Å²) in [5.41, 5.74) is -0.430. The molecule has 0 bridgehead atoms. The van der Waals surface area contributed by atoms with Gasteiger partial charge in [-0.3, -0.25) is 0 Å². The van der Waals surface area contributed by atoms with Gasteiger partial charge in [-0.15, -0.1) is 0 Å². The molecule has 0 aromatic rings. The number of halogens is 3. The van der Waals surface area contributed by atoms with E-state index in [0.717, 1.165) is 0 Å². The van der Waals surface area contributed by atoms with Crippen LogP contribution in [-0.4, -0.2) is 38.7 Å². The molecule has 0 saturated carbocycles. The Morgan fingerprint density at radius 2 is 1.72 bits per heavy atom. The molecule has 1 atom stereocenters. The Balaban J connectivity index is 4.62. The van der Waals surface area contributed by atoms with Gasteiger partial charge in [0.15, 0.2) is 0 Å². The van der Waals surface area contributed by atoms with Gasteiger partial charge in [-0.2, -0.15) is 0 Å². The van der Waals surface area contributed by atoms with Crippen molar-refractivity contribution < 1.29 is 18.4 Å². The van der Waals surface area contributed by atoms with Crippen molar-refractivity contribution in [3.05, 3.63) is 0 Å². The molecule has 0 radical (unpaired) electrons. The zero-order valence-corrected chi connectivity index (χ0v) is 13.5. The summed E-state index contributed by atoms with van der Waals surface area (Å²) in [6.07, 6.45) is -2.60. The number of hydrogen-bond acceptors (Lipinski definition) is 2. The van der Waals surface area contributed by atoms with Crippen LogP contribution in [0.15, 0.2) is 0 Å². The topological polar surface area (TPSA) is 58.2 Å². The molecular formula is C11H21F2IN2O2. The average molecular weight is 378 g/mol.